The van der Waals surface area contributed by atoms with Gasteiger partial charge in [-0.3, -0.25) is 0 Å². The fourth-order valence-electron chi connectivity index (χ4n) is 2.88. The Hall–Kier alpha value is -2.44. The first-order valence-electron chi connectivity index (χ1n) is 8.75. The molecule has 0 unspecified atom stereocenters. The first kappa shape index (κ1) is 17.9. The lowest BCUT2D eigenvalue weighted by Crippen LogP contribution is -1.95. The van der Waals surface area contributed by atoms with Crippen LogP contribution in [0.5, 0.6) is 0 Å². The van der Waals surface area contributed by atoms with Gasteiger partial charge < -0.3 is 4.57 Å². The van der Waals surface area contributed by atoms with Crippen LogP contribution in [0, 0.1) is 6.92 Å². The number of hydrogen-bond donors (Lipinski definition) is 0. The number of hydrogen-bond acceptors (Lipinski definition) is 5. The van der Waals surface area contributed by atoms with Crippen molar-refractivity contribution in [3.8, 4) is 11.4 Å². The molecular formula is C21H20N4S2. The van der Waals surface area contributed by atoms with Gasteiger partial charge in [-0.25, -0.2) is 4.98 Å². The topological polar surface area (TPSA) is 43.6 Å². The molecule has 4 rings (SSSR count). The Morgan fingerprint density at radius 2 is 1.89 bits per heavy atom. The van der Waals surface area contributed by atoms with Crippen LogP contribution in [0.4, 0.5) is 0 Å². The van der Waals surface area contributed by atoms with Crippen LogP contribution in [-0.4, -0.2) is 19.7 Å². The van der Waals surface area contributed by atoms with Crippen molar-refractivity contribution in [3.05, 3.63) is 81.8 Å². The van der Waals surface area contributed by atoms with E-state index < -0.39 is 0 Å². The summed E-state index contributed by atoms with van der Waals surface area (Å²) in [4.78, 5) is 4.77. The van der Waals surface area contributed by atoms with Crippen molar-refractivity contribution < 1.29 is 0 Å². The summed E-state index contributed by atoms with van der Waals surface area (Å²) in [6.45, 7) is 2.09. The molecule has 0 aliphatic heterocycles. The van der Waals surface area contributed by atoms with E-state index in [9.17, 15) is 0 Å². The minimum atomic E-state index is 0.797. The second-order valence-corrected chi connectivity index (χ2v) is 8.30. The molecule has 27 heavy (non-hydrogen) atoms. The molecule has 4 nitrogen and oxygen atoms in total. The van der Waals surface area contributed by atoms with Gasteiger partial charge in [-0.15, -0.1) is 21.5 Å². The van der Waals surface area contributed by atoms with Crippen LogP contribution < -0.4 is 0 Å². The average molecular weight is 393 g/mol. The van der Waals surface area contributed by atoms with E-state index >= 15 is 0 Å². The highest BCUT2D eigenvalue weighted by Crippen LogP contribution is 2.26. The number of aryl methyl sites for hydroxylation is 1. The molecule has 0 aliphatic carbocycles. The Morgan fingerprint density at radius 3 is 2.70 bits per heavy atom. The number of nitrogens with zero attached hydrogens (tertiary/aromatic N) is 4. The molecule has 0 spiro atoms. The quantitative estimate of drug-likeness (QED) is 0.427. The highest BCUT2D eigenvalue weighted by Gasteiger charge is 2.12. The third-order valence-corrected chi connectivity index (χ3v) is 6.21. The van der Waals surface area contributed by atoms with Crippen LogP contribution in [0.1, 0.15) is 21.8 Å². The molecule has 0 N–H and O–H groups in total. The molecule has 2 aromatic heterocycles. The van der Waals surface area contributed by atoms with E-state index in [4.69, 9.17) is 4.98 Å². The van der Waals surface area contributed by atoms with Crippen LogP contribution in [0.15, 0.2) is 65.1 Å². The average Bonchev–Trinajstić information content (AvgIpc) is 3.27. The van der Waals surface area contributed by atoms with E-state index in [1.807, 2.05) is 13.1 Å². The zero-order valence-electron chi connectivity index (χ0n) is 15.3. The molecule has 0 aliphatic rings. The van der Waals surface area contributed by atoms with Gasteiger partial charge in [0.25, 0.3) is 0 Å². The SMILES string of the molecule is Cc1cccc(-c2nnc(SCc3csc(Cc4ccccc4)n3)n2C)c1. The summed E-state index contributed by atoms with van der Waals surface area (Å²) in [5.41, 5.74) is 4.70. The molecular weight excluding hydrogens is 372 g/mol. The molecule has 2 aromatic carbocycles. The van der Waals surface area contributed by atoms with Gasteiger partial charge in [0.05, 0.1) is 10.7 Å². The number of benzene rings is 2. The maximum atomic E-state index is 4.77. The Morgan fingerprint density at radius 1 is 1.04 bits per heavy atom. The van der Waals surface area contributed by atoms with E-state index in [2.05, 4.69) is 75.6 Å². The monoisotopic (exact) mass is 392 g/mol. The maximum absolute atomic E-state index is 4.77. The van der Waals surface area contributed by atoms with Gasteiger partial charge in [0.1, 0.15) is 0 Å². The van der Waals surface area contributed by atoms with E-state index in [0.29, 0.717) is 0 Å². The molecule has 0 amide bonds. The molecule has 0 fully saturated rings. The zero-order chi connectivity index (χ0) is 18.6. The Balaban J connectivity index is 1.42. The number of thioether (sulfide) groups is 1. The molecule has 2 heterocycles. The van der Waals surface area contributed by atoms with Crippen LogP contribution in [0.2, 0.25) is 0 Å². The van der Waals surface area contributed by atoms with E-state index in [1.165, 1.54) is 11.1 Å². The summed E-state index contributed by atoms with van der Waals surface area (Å²) in [5, 5.41) is 12.9. The van der Waals surface area contributed by atoms with Crippen LogP contribution >= 0.6 is 23.1 Å². The van der Waals surface area contributed by atoms with E-state index in [1.54, 1.807) is 23.1 Å². The van der Waals surface area contributed by atoms with Crippen molar-refractivity contribution in [2.45, 2.75) is 24.3 Å². The normalized spacial score (nSPS) is 11.0. The van der Waals surface area contributed by atoms with Gasteiger partial charge >= 0.3 is 0 Å². The van der Waals surface area contributed by atoms with Crippen LogP contribution in [-0.2, 0) is 19.2 Å². The molecule has 0 saturated carbocycles. The number of rotatable bonds is 6. The standard InChI is InChI=1S/C21H20N4S2/c1-15-7-6-10-17(11-15)20-23-24-21(25(20)2)27-14-18-13-26-19(22-18)12-16-8-4-3-5-9-16/h3-11,13H,12,14H2,1-2H3. The van der Waals surface area contributed by atoms with E-state index in [0.717, 1.165) is 39.4 Å². The lowest BCUT2D eigenvalue weighted by Gasteiger charge is -2.04. The van der Waals surface area contributed by atoms with Crippen molar-refractivity contribution in [1.29, 1.82) is 0 Å². The first-order chi connectivity index (χ1) is 13.2. The van der Waals surface area contributed by atoms with Crippen molar-refractivity contribution in [3.63, 3.8) is 0 Å². The Bertz CT molecular complexity index is 1040. The number of aromatic nitrogens is 4. The zero-order valence-corrected chi connectivity index (χ0v) is 16.9. The molecule has 0 atom stereocenters. The second kappa shape index (κ2) is 8.06. The minimum Gasteiger partial charge on any atom is -0.305 e. The summed E-state index contributed by atoms with van der Waals surface area (Å²) >= 11 is 3.39. The molecule has 0 radical (unpaired) electrons. The maximum Gasteiger partial charge on any atom is 0.191 e. The highest BCUT2D eigenvalue weighted by molar-refractivity contribution is 7.98. The van der Waals surface area contributed by atoms with E-state index in [-0.39, 0.29) is 0 Å². The van der Waals surface area contributed by atoms with Crippen molar-refractivity contribution >= 4 is 23.1 Å². The largest absolute Gasteiger partial charge is 0.305 e. The second-order valence-electron chi connectivity index (χ2n) is 6.42. The predicted octanol–water partition coefficient (Wildman–Crippen LogP) is 5.13. The third-order valence-electron chi connectivity index (χ3n) is 4.26. The Kier molecular flexibility index (Phi) is 5.36. The van der Waals surface area contributed by atoms with Gasteiger partial charge in [0.15, 0.2) is 11.0 Å². The van der Waals surface area contributed by atoms with Crippen LogP contribution in [0.25, 0.3) is 11.4 Å². The van der Waals surface area contributed by atoms with Gasteiger partial charge in [0.2, 0.25) is 0 Å². The van der Waals surface area contributed by atoms with Gasteiger partial charge in [-0.2, -0.15) is 0 Å². The lowest BCUT2D eigenvalue weighted by molar-refractivity contribution is 0.793. The van der Waals surface area contributed by atoms with Crippen LogP contribution in [0.3, 0.4) is 0 Å². The summed E-state index contributed by atoms with van der Waals surface area (Å²) in [6.07, 6.45) is 0.887. The molecule has 0 bridgehead atoms. The lowest BCUT2D eigenvalue weighted by atomic mass is 10.1. The minimum absolute atomic E-state index is 0.797. The first-order valence-corrected chi connectivity index (χ1v) is 10.6. The predicted molar refractivity (Wildman–Crippen MR) is 112 cm³/mol. The Labute approximate surface area is 167 Å². The fraction of sp³-hybridized carbons (Fsp3) is 0.190. The smallest absolute Gasteiger partial charge is 0.191 e. The van der Waals surface area contributed by atoms with Gasteiger partial charge in [-0.05, 0) is 18.6 Å². The van der Waals surface area contributed by atoms with Crippen molar-refractivity contribution in [2.24, 2.45) is 7.05 Å². The van der Waals surface area contributed by atoms with Gasteiger partial charge in [0, 0.05) is 30.2 Å². The molecule has 0 saturated heterocycles. The fourth-order valence-corrected chi connectivity index (χ4v) is 4.62. The molecule has 6 heteroatoms. The third kappa shape index (κ3) is 4.28. The summed E-state index contributed by atoms with van der Waals surface area (Å²) < 4.78 is 2.05. The molecule has 4 aromatic rings. The summed E-state index contributed by atoms with van der Waals surface area (Å²) in [7, 11) is 2.02. The summed E-state index contributed by atoms with van der Waals surface area (Å²) in [6, 6.07) is 18.8. The summed E-state index contributed by atoms with van der Waals surface area (Å²) in [5.74, 6) is 1.69. The van der Waals surface area contributed by atoms with Crippen molar-refractivity contribution in [2.75, 3.05) is 0 Å². The van der Waals surface area contributed by atoms with Crippen molar-refractivity contribution in [1.82, 2.24) is 19.7 Å². The highest BCUT2D eigenvalue weighted by atomic mass is 32.2. The molecule has 136 valence electrons. The number of thiazole rings is 1. The van der Waals surface area contributed by atoms with Gasteiger partial charge in [-0.1, -0.05) is 65.9 Å².